The SMILES string of the molecule is CC(C)[C@H](C(=O)NO)N(Cc1ccccc1)S(=O)(=O)c1ccc(OCCCl)cc1. The van der Waals surface area contributed by atoms with Gasteiger partial charge in [0.05, 0.1) is 10.8 Å². The number of hydrogen-bond donors (Lipinski definition) is 2. The van der Waals surface area contributed by atoms with Gasteiger partial charge < -0.3 is 4.74 Å². The Bertz CT molecular complexity index is 889. The van der Waals surface area contributed by atoms with Crippen molar-refractivity contribution in [1.82, 2.24) is 9.79 Å². The molecule has 0 fully saturated rings. The van der Waals surface area contributed by atoms with Crippen molar-refractivity contribution in [3.63, 3.8) is 0 Å². The van der Waals surface area contributed by atoms with Gasteiger partial charge in [-0.1, -0.05) is 44.2 Å². The smallest absolute Gasteiger partial charge is 0.262 e. The molecule has 2 aromatic rings. The maximum Gasteiger partial charge on any atom is 0.262 e. The number of carbonyl (C=O) groups excluding carboxylic acids is 1. The van der Waals surface area contributed by atoms with Gasteiger partial charge in [-0.05, 0) is 35.7 Å². The number of amides is 1. The van der Waals surface area contributed by atoms with Crippen LogP contribution in [-0.4, -0.2) is 42.4 Å². The lowest BCUT2D eigenvalue weighted by Crippen LogP contribution is -2.51. The fourth-order valence-corrected chi connectivity index (χ4v) is 4.71. The zero-order chi connectivity index (χ0) is 21.4. The molecule has 0 aliphatic heterocycles. The van der Waals surface area contributed by atoms with Crippen molar-refractivity contribution in [3.05, 3.63) is 60.2 Å². The highest BCUT2D eigenvalue weighted by molar-refractivity contribution is 7.89. The predicted molar refractivity (Wildman–Crippen MR) is 110 cm³/mol. The average Bonchev–Trinajstić information content (AvgIpc) is 2.72. The van der Waals surface area contributed by atoms with E-state index in [4.69, 9.17) is 16.3 Å². The summed E-state index contributed by atoms with van der Waals surface area (Å²) in [5, 5.41) is 9.18. The summed E-state index contributed by atoms with van der Waals surface area (Å²) < 4.78 is 33.3. The van der Waals surface area contributed by atoms with Crippen LogP contribution in [0.4, 0.5) is 0 Å². The standard InChI is InChI=1S/C20H25ClN2O5S/c1-15(2)19(20(24)22-25)23(14-16-6-4-3-5-7-16)29(26,27)18-10-8-17(9-11-18)28-13-12-21/h3-11,15,19,25H,12-14H2,1-2H3,(H,22,24)/t19-/m1/s1. The van der Waals surface area contributed by atoms with Crippen molar-refractivity contribution >= 4 is 27.5 Å². The number of nitrogens with zero attached hydrogens (tertiary/aromatic N) is 1. The second kappa shape index (κ2) is 10.6. The van der Waals surface area contributed by atoms with Crippen LogP contribution >= 0.6 is 11.6 Å². The second-order valence-corrected chi connectivity index (χ2v) is 8.98. The van der Waals surface area contributed by atoms with E-state index in [9.17, 15) is 18.4 Å². The van der Waals surface area contributed by atoms with Gasteiger partial charge in [0, 0.05) is 6.54 Å². The van der Waals surface area contributed by atoms with Crippen molar-refractivity contribution in [2.24, 2.45) is 5.92 Å². The van der Waals surface area contributed by atoms with Crippen LogP contribution in [0.15, 0.2) is 59.5 Å². The fraction of sp³-hybridized carbons (Fsp3) is 0.350. The molecule has 1 atom stereocenters. The van der Waals surface area contributed by atoms with Crippen LogP contribution in [0.1, 0.15) is 19.4 Å². The minimum atomic E-state index is -4.06. The summed E-state index contributed by atoms with van der Waals surface area (Å²) in [7, 11) is -4.06. The topological polar surface area (TPSA) is 95.9 Å². The molecule has 9 heteroatoms. The van der Waals surface area contributed by atoms with Crippen LogP contribution in [0.3, 0.4) is 0 Å². The first-order valence-electron chi connectivity index (χ1n) is 9.09. The van der Waals surface area contributed by atoms with Gasteiger partial charge in [0.15, 0.2) is 0 Å². The number of benzene rings is 2. The summed E-state index contributed by atoms with van der Waals surface area (Å²) in [5.41, 5.74) is 2.31. The molecule has 2 aromatic carbocycles. The maximum atomic E-state index is 13.4. The quantitative estimate of drug-likeness (QED) is 0.336. The number of halogens is 1. The minimum Gasteiger partial charge on any atom is -0.492 e. The van der Waals surface area contributed by atoms with E-state index in [-0.39, 0.29) is 17.4 Å². The van der Waals surface area contributed by atoms with Crippen molar-refractivity contribution in [1.29, 1.82) is 0 Å². The molecule has 0 unspecified atom stereocenters. The number of hydrogen-bond acceptors (Lipinski definition) is 5. The van der Waals surface area contributed by atoms with Crippen LogP contribution in [0.2, 0.25) is 0 Å². The fourth-order valence-electron chi connectivity index (χ4n) is 2.93. The third kappa shape index (κ3) is 5.93. The van der Waals surface area contributed by atoms with Gasteiger partial charge >= 0.3 is 0 Å². The van der Waals surface area contributed by atoms with E-state index in [2.05, 4.69) is 0 Å². The zero-order valence-electron chi connectivity index (χ0n) is 16.3. The van der Waals surface area contributed by atoms with E-state index in [1.165, 1.54) is 24.3 Å². The summed E-state index contributed by atoms with van der Waals surface area (Å²) in [6.45, 7) is 3.72. The van der Waals surface area contributed by atoms with Crippen molar-refractivity contribution < 1.29 is 23.2 Å². The van der Waals surface area contributed by atoms with E-state index < -0.39 is 22.0 Å². The highest BCUT2D eigenvalue weighted by Crippen LogP contribution is 2.26. The van der Waals surface area contributed by atoms with E-state index in [1.807, 2.05) is 6.07 Å². The van der Waals surface area contributed by atoms with Gasteiger partial charge in [-0.15, -0.1) is 11.6 Å². The predicted octanol–water partition coefficient (Wildman–Crippen LogP) is 3.03. The monoisotopic (exact) mass is 440 g/mol. The summed E-state index contributed by atoms with van der Waals surface area (Å²) in [6, 6.07) is 13.8. The number of carbonyl (C=O) groups is 1. The van der Waals surface area contributed by atoms with Crippen LogP contribution in [0.5, 0.6) is 5.75 Å². The van der Waals surface area contributed by atoms with Gasteiger partial charge in [-0.2, -0.15) is 4.31 Å². The highest BCUT2D eigenvalue weighted by Gasteiger charge is 2.38. The van der Waals surface area contributed by atoms with Crippen molar-refractivity contribution in [2.75, 3.05) is 12.5 Å². The zero-order valence-corrected chi connectivity index (χ0v) is 17.9. The first-order chi connectivity index (χ1) is 13.8. The van der Waals surface area contributed by atoms with Gasteiger partial charge in [0.1, 0.15) is 18.4 Å². The van der Waals surface area contributed by atoms with E-state index >= 15 is 0 Å². The molecule has 158 valence electrons. The molecular weight excluding hydrogens is 416 g/mol. The molecule has 1 amide bonds. The molecular formula is C20H25ClN2O5S. The Balaban J connectivity index is 2.46. The second-order valence-electron chi connectivity index (χ2n) is 6.71. The van der Waals surface area contributed by atoms with Crippen LogP contribution in [0, 0.1) is 5.92 Å². The molecule has 0 bridgehead atoms. The molecule has 0 saturated carbocycles. The Hall–Kier alpha value is -2.13. The first-order valence-corrected chi connectivity index (χ1v) is 11.1. The average molecular weight is 441 g/mol. The summed E-state index contributed by atoms with van der Waals surface area (Å²) in [4.78, 5) is 12.4. The summed E-state index contributed by atoms with van der Waals surface area (Å²) in [6.07, 6.45) is 0. The van der Waals surface area contributed by atoms with Crippen molar-refractivity contribution in [2.45, 2.75) is 31.3 Å². The summed E-state index contributed by atoms with van der Waals surface area (Å²) >= 11 is 5.60. The molecule has 0 aromatic heterocycles. The molecule has 0 radical (unpaired) electrons. The molecule has 0 aliphatic carbocycles. The molecule has 2 N–H and O–H groups in total. The maximum absolute atomic E-state index is 13.4. The number of ether oxygens (including phenoxy) is 1. The largest absolute Gasteiger partial charge is 0.492 e. The van der Waals surface area contributed by atoms with Gasteiger partial charge in [0.2, 0.25) is 10.0 Å². The lowest BCUT2D eigenvalue weighted by Gasteiger charge is -2.32. The number of sulfonamides is 1. The normalized spacial score (nSPS) is 12.8. The molecule has 7 nitrogen and oxygen atoms in total. The Morgan fingerprint density at radius 1 is 1.14 bits per heavy atom. The molecule has 0 saturated heterocycles. The Morgan fingerprint density at radius 2 is 1.76 bits per heavy atom. The first kappa shape index (κ1) is 23.2. The van der Waals surface area contributed by atoms with Crippen LogP contribution in [0.25, 0.3) is 0 Å². The number of nitrogens with one attached hydrogen (secondary N) is 1. The van der Waals surface area contributed by atoms with Gasteiger partial charge in [0.25, 0.3) is 5.91 Å². The number of hydroxylamine groups is 1. The van der Waals surface area contributed by atoms with Crippen molar-refractivity contribution in [3.8, 4) is 5.75 Å². The minimum absolute atomic E-state index is 0.0167. The van der Waals surface area contributed by atoms with E-state index in [1.54, 1.807) is 43.6 Å². The van der Waals surface area contributed by atoms with E-state index in [0.717, 1.165) is 9.87 Å². The highest BCUT2D eigenvalue weighted by atomic mass is 35.5. The molecule has 29 heavy (non-hydrogen) atoms. The molecule has 0 heterocycles. The Morgan fingerprint density at radius 3 is 2.28 bits per heavy atom. The van der Waals surface area contributed by atoms with Crippen LogP contribution in [-0.2, 0) is 21.4 Å². The van der Waals surface area contributed by atoms with Crippen LogP contribution < -0.4 is 10.2 Å². The molecule has 2 rings (SSSR count). The van der Waals surface area contributed by atoms with Gasteiger partial charge in [-0.3, -0.25) is 10.0 Å². The lowest BCUT2D eigenvalue weighted by molar-refractivity contribution is -0.134. The third-order valence-electron chi connectivity index (χ3n) is 4.28. The summed E-state index contributed by atoms with van der Waals surface area (Å²) in [5.74, 6) is -0.363. The molecule has 0 aliphatic rings. The Kier molecular flexibility index (Phi) is 8.45. The number of rotatable bonds is 10. The number of alkyl halides is 1. The van der Waals surface area contributed by atoms with Gasteiger partial charge in [-0.25, -0.2) is 13.9 Å². The van der Waals surface area contributed by atoms with E-state index in [0.29, 0.717) is 18.2 Å². The lowest BCUT2D eigenvalue weighted by atomic mass is 10.0. The third-order valence-corrected chi connectivity index (χ3v) is 6.27. The Labute approximate surface area is 176 Å². The molecule has 0 spiro atoms.